The van der Waals surface area contributed by atoms with Crippen LogP contribution >= 0.6 is 11.3 Å². The maximum Gasteiger partial charge on any atom is 0.230 e. The van der Waals surface area contributed by atoms with Crippen molar-refractivity contribution in [3.05, 3.63) is 90.1 Å². The summed E-state index contributed by atoms with van der Waals surface area (Å²) in [5.41, 5.74) is 6.00. The van der Waals surface area contributed by atoms with Gasteiger partial charge in [0.2, 0.25) is 5.91 Å². The van der Waals surface area contributed by atoms with Gasteiger partial charge in [0.05, 0.1) is 41.6 Å². The Morgan fingerprint density at radius 1 is 0.941 bits per heavy atom. The summed E-state index contributed by atoms with van der Waals surface area (Å²) in [4.78, 5) is 21.4. The van der Waals surface area contributed by atoms with Gasteiger partial charge >= 0.3 is 0 Å². The molecule has 1 fully saturated rings. The van der Waals surface area contributed by atoms with Crippen LogP contribution in [0.3, 0.4) is 0 Å². The van der Waals surface area contributed by atoms with E-state index in [-0.39, 0.29) is 12.3 Å². The van der Waals surface area contributed by atoms with Gasteiger partial charge in [-0.15, -0.1) is 11.3 Å². The number of benzene rings is 3. The summed E-state index contributed by atoms with van der Waals surface area (Å²) in [7, 11) is 0. The van der Waals surface area contributed by atoms with Gasteiger partial charge in [0.1, 0.15) is 5.01 Å². The third-order valence-corrected chi connectivity index (χ3v) is 7.09. The van der Waals surface area contributed by atoms with Gasteiger partial charge in [-0.05, 0) is 24.6 Å². The van der Waals surface area contributed by atoms with Crippen molar-refractivity contribution in [2.45, 2.75) is 13.3 Å². The number of hydrogen-bond donors (Lipinski definition) is 1. The van der Waals surface area contributed by atoms with Crippen molar-refractivity contribution in [2.24, 2.45) is 0 Å². The fourth-order valence-electron chi connectivity index (χ4n) is 4.11. The van der Waals surface area contributed by atoms with Crippen LogP contribution in [0.25, 0.3) is 21.0 Å². The Bertz CT molecular complexity index is 1260. The summed E-state index contributed by atoms with van der Waals surface area (Å²) < 4.78 is 5.49. The molecule has 1 aromatic heterocycles. The smallest absolute Gasteiger partial charge is 0.230 e. The maximum atomic E-state index is 13.2. The molecule has 0 atom stereocenters. The number of ether oxygens (including phenoxy) is 1. The van der Waals surface area contributed by atoms with E-state index in [9.17, 15) is 4.79 Å². The van der Waals surface area contributed by atoms with Gasteiger partial charge in [-0.1, -0.05) is 72.3 Å². The van der Waals surface area contributed by atoms with Crippen LogP contribution < -0.4 is 10.2 Å². The lowest BCUT2D eigenvalue weighted by atomic mass is 10.1. The number of amides is 1. The highest BCUT2D eigenvalue weighted by atomic mass is 32.1. The van der Waals surface area contributed by atoms with Crippen LogP contribution in [0.5, 0.6) is 0 Å². The predicted molar refractivity (Wildman–Crippen MR) is 140 cm³/mol. The number of nitrogens with zero attached hydrogens (tertiary/aromatic N) is 2. The van der Waals surface area contributed by atoms with Crippen LogP contribution in [0.4, 0.5) is 11.4 Å². The van der Waals surface area contributed by atoms with Crippen LogP contribution in [0.15, 0.2) is 78.9 Å². The molecule has 4 aromatic rings. The van der Waals surface area contributed by atoms with Crippen LogP contribution in [0, 0.1) is 6.92 Å². The molecule has 1 aliphatic rings. The van der Waals surface area contributed by atoms with Crippen molar-refractivity contribution in [2.75, 3.05) is 36.5 Å². The van der Waals surface area contributed by atoms with Crippen molar-refractivity contribution < 1.29 is 9.53 Å². The lowest BCUT2D eigenvalue weighted by Crippen LogP contribution is -2.36. The van der Waals surface area contributed by atoms with Gasteiger partial charge in [0.15, 0.2) is 0 Å². The average molecular weight is 470 g/mol. The average Bonchev–Trinajstić information content (AvgIpc) is 3.29. The van der Waals surface area contributed by atoms with Gasteiger partial charge in [-0.25, -0.2) is 4.98 Å². The maximum absolute atomic E-state index is 13.2. The Hall–Kier alpha value is -3.48. The number of rotatable bonds is 6. The van der Waals surface area contributed by atoms with Crippen molar-refractivity contribution >= 4 is 28.6 Å². The number of aromatic nitrogens is 1. The number of aryl methyl sites for hydroxylation is 1. The Morgan fingerprint density at radius 2 is 1.65 bits per heavy atom. The zero-order valence-corrected chi connectivity index (χ0v) is 20.0. The molecular weight excluding hydrogens is 442 g/mol. The summed E-state index contributed by atoms with van der Waals surface area (Å²) in [6, 6.07) is 26.5. The number of para-hydroxylation sites is 2. The summed E-state index contributed by atoms with van der Waals surface area (Å²) in [6.45, 7) is 5.10. The first-order valence-corrected chi connectivity index (χ1v) is 12.3. The van der Waals surface area contributed by atoms with Crippen LogP contribution in [0.1, 0.15) is 11.3 Å². The van der Waals surface area contributed by atoms with E-state index in [4.69, 9.17) is 9.72 Å². The van der Waals surface area contributed by atoms with E-state index in [0.717, 1.165) is 51.2 Å². The van der Waals surface area contributed by atoms with Gasteiger partial charge in [-0.3, -0.25) is 4.79 Å². The highest BCUT2D eigenvalue weighted by Crippen LogP contribution is 2.36. The lowest BCUT2D eigenvalue weighted by molar-refractivity contribution is -0.115. The number of anilines is 2. The molecule has 2 heterocycles. The van der Waals surface area contributed by atoms with E-state index in [1.807, 2.05) is 36.4 Å². The molecule has 34 heavy (non-hydrogen) atoms. The fourth-order valence-corrected chi connectivity index (χ4v) is 5.20. The zero-order valence-electron chi connectivity index (χ0n) is 19.2. The summed E-state index contributed by atoms with van der Waals surface area (Å²) in [5.74, 6) is -0.0704. The molecule has 5 rings (SSSR count). The molecule has 1 N–H and O–H groups in total. The number of hydrogen-bond acceptors (Lipinski definition) is 5. The van der Waals surface area contributed by atoms with Crippen LogP contribution in [0.2, 0.25) is 0 Å². The molecule has 0 saturated carbocycles. The second-order valence-electron chi connectivity index (χ2n) is 8.37. The van der Waals surface area contributed by atoms with Gasteiger partial charge in [-0.2, -0.15) is 0 Å². The van der Waals surface area contributed by atoms with E-state index in [2.05, 4.69) is 59.6 Å². The molecule has 1 amide bonds. The molecule has 5 nitrogen and oxygen atoms in total. The second kappa shape index (κ2) is 10.2. The van der Waals surface area contributed by atoms with E-state index < -0.39 is 0 Å². The van der Waals surface area contributed by atoms with E-state index in [1.165, 1.54) is 5.56 Å². The molecule has 1 saturated heterocycles. The largest absolute Gasteiger partial charge is 0.378 e. The monoisotopic (exact) mass is 469 g/mol. The Balaban J connectivity index is 1.42. The minimum atomic E-state index is -0.0704. The highest BCUT2D eigenvalue weighted by Gasteiger charge is 2.19. The molecule has 1 aliphatic heterocycles. The minimum absolute atomic E-state index is 0.0704. The zero-order chi connectivity index (χ0) is 23.3. The molecule has 0 aliphatic carbocycles. The minimum Gasteiger partial charge on any atom is -0.378 e. The van der Waals surface area contributed by atoms with Gasteiger partial charge < -0.3 is 15.0 Å². The molecule has 0 unspecified atom stereocenters. The molecular formula is C28H27N3O2S. The summed E-state index contributed by atoms with van der Waals surface area (Å²) in [6.07, 6.45) is 0.212. The van der Waals surface area contributed by atoms with Crippen molar-refractivity contribution in [3.63, 3.8) is 0 Å². The number of morpholine rings is 1. The van der Waals surface area contributed by atoms with Gasteiger partial charge in [0, 0.05) is 18.7 Å². The van der Waals surface area contributed by atoms with Crippen molar-refractivity contribution in [1.82, 2.24) is 4.98 Å². The summed E-state index contributed by atoms with van der Waals surface area (Å²) in [5, 5.41) is 4.06. The van der Waals surface area contributed by atoms with E-state index >= 15 is 0 Å². The number of carbonyl (C=O) groups excluding carboxylic acids is 1. The Labute approximate surface area is 204 Å². The summed E-state index contributed by atoms with van der Waals surface area (Å²) >= 11 is 1.63. The number of nitrogens with one attached hydrogen (secondary N) is 1. The van der Waals surface area contributed by atoms with E-state index in [0.29, 0.717) is 13.2 Å². The van der Waals surface area contributed by atoms with Crippen LogP contribution in [-0.2, 0) is 16.0 Å². The van der Waals surface area contributed by atoms with E-state index in [1.54, 1.807) is 11.3 Å². The van der Waals surface area contributed by atoms with Crippen molar-refractivity contribution in [1.29, 1.82) is 0 Å². The first-order valence-electron chi connectivity index (χ1n) is 11.5. The normalized spacial score (nSPS) is 13.6. The number of thiazole rings is 1. The third-order valence-electron chi connectivity index (χ3n) is 5.89. The third kappa shape index (κ3) is 5.03. The molecule has 0 spiro atoms. The Kier molecular flexibility index (Phi) is 6.70. The predicted octanol–water partition coefficient (Wildman–Crippen LogP) is 5.80. The fraction of sp³-hybridized carbons (Fsp3) is 0.214. The topological polar surface area (TPSA) is 54.5 Å². The second-order valence-corrected chi connectivity index (χ2v) is 9.37. The Morgan fingerprint density at radius 3 is 2.41 bits per heavy atom. The molecule has 172 valence electrons. The number of carbonyl (C=O) groups is 1. The van der Waals surface area contributed by atoms with Gasteiger partial charge in [0.25, 0.3) is 0 Å². The first kappa shape index (κ1) is 22.3. The standard InChI is InChI=1S/C28H27N3O2S/c1-20-11-13-21(14-12-20)27-24(30-28(34-27)22-7-3-2-4-8-22)19-26(32)29-23-9-5-6-10-25(23)31-15-17-33-18-16-31/h2-14H,15-19H2,1H3,(H,29,32). The quantitative estimate of drug-likeness (QED) is 0.388. The van der Waals surface area contributed by atoms with Crippen LogP contribution in [-0.4, -0.2) is 37.2 Å². The SMILES string of the molecule is Cc1ccc(-c2sc(-c3ccccc3)nc2CC(=O)Nc2ccccc2N2CCOCC2)cc1. The molecule has 3 aromatic carbocycles. The first-order chi connectivity index (χ1) is 16.7. The van der Waals surface area contributed by atoms with Crippen molar-refractivity contribution in [3.8, 4) is 21.0 Å². The highest BCUT2D eigenvalue weighted by molar-refractivity contribution is 7.18. The molecule has 6 heteroatoms. The molecule has 0 bridgehead atoms. The molecule has 0 radical (unpaired) electrons. The lowest BCUT2D eigenvalue weighted by Gasteiger charge is -2.30.